The van der Waals surface area contributed by atoms with Crippen molar-refractivity contribution in [1.29, 1.82) is 0 Å². The summed E-state index contributed by atoms with van der Waals surface area (Å²) < 4.78 is 18.2. The van der Waals surface area contributed by atoms with Gasteiger partial charge in [0.2, 0.25) is 0 Å². The van der Waals surface area contributed by atoms with Gasteiger partial charge < -0.3 is 10.5 Å². The van der Waals surface area contributed by atoms with Crippen LogP contribution in [0, 0.1) is 12.7 Å². The van der Waals surface area contributed by atoms with Gasteiger partial charge in [-0.1, -0.05) is 29.8 Å². The van der Waals surface area contributed by atoms with Crippen molar-refractivity contribution in [3.8, 4) is 0 Å². The zero-order chi connectivity index (χ0) is 13.8. The summed E-state index contributed by atoms with van der Waals surface area (Å²) in [4.78, 5) is 11.7. The molecule has 0 fully saturated rings. The van der Waals surface area contributed by atoms with Gasteiger partial charge in [0.25, 0.3) is 0 Å². The van der Waals surface area contributed by atoms with Crippen LogP contribution >= 0.6 is 0 Å². The number of nitrogens with two attached hydrogens (primary N) is 1. The van der Waals surface area contributed by atoms with Crippen LogP contribution in [0.2, 0.25) is 0 Å². The summed E-state index contributed by atoms with van der Waals surface area (Å²) in [6, 6.07) is 11.3. The maximum atomic E-state index is 13.1. The van der Waals surface area contributed by atoms with Gasteiger partial charge in [0.05, 0.1) is 5.56 Å². The van der Waals surface area contributed by atoms with Crippen LogP contribution in [0.1, 0.15) is 21.5 Å². The second-order valence-corrected chi connectivity index (χ2v) is 4.33. The summed E-state index contributed by atoms with van der Waals surface area (Å²) in [5.41, 5.74) is 7.80. The maximum Gasteiger partial charge on any atom is 0.338 e. The Balaban J connectivity index is 2.03. The molecule has 3 nitrogen and oxygen atoms in total. The van der Waals surface area contributed by atoms with Gasteiger partial charge in [-0.05, 0) is 30.7 Å². The lowest BCUT2D eigenvalue weighted by atomic mass is 10.1. The van der Waals surface area contributed by atoms with E-state index < -0.39 is 11.8 Å². The molecule has 2 aromatic rings. The second kappa shape index (κ2) is 5.52. The largest absolute Gasteiger partial charge is 0.457 e. The van der Waals surface area contributed by atoms with Crippen molar-refractivity contribution in [2.75, 3.05) is 5.73 Å². The standard InChI is InChI=1S/C15H14FNO2/c1-10-2-4-11(5-3-10)9-19-15(18)12-6-13(16)8-14(17)7-12/h2-8H,9,17H2,1H3. The number of ether oxygens (including phenoxy) is 1. The Morgan fingerprint density at radius 1 is 1.21 bits per heavy atom. The molecule has 19 heavy (non-hydrogen) atoms. The molecule has 2 N–H and O–H groups in total. The van der Waals surface area contributed by atoms with Crippen LogP contribution in [0.25, 0.3) is 0 Å². The number of hydrogen-bond acceptors (Lipinski definition) is 3. The molecular weight excluding hydrogens is 245 g/mol. The first-order valence-corrected chi connectivity index (χ1v) is 5.83. The maximum absolute atomic E-state index is 13.1. The van der Waals surface area contributed by atoms with Crippen LogP contribution in [0.3, 0.4) is 0 Å². The Bertz CT molecular complexity index is 573. The van der Waals surface area contributed by atoms with E-state index in [0.29, 0.717) is 0 Å². The Labute approximate surface area is 110 Å². The predicted octanol–water partition coefficient (Wildman–Crippen LogP) is 3.07. The van der Waals surface area contributed by atoms with Crippen molar-refractivity contribution >= 4 is 11.7 Å². The quantitative estimate of drug-likeness (QED) is 0.680. The Morgan fingerprint density at radius 3 is 2.53 bits per heavy atom. The minimum atomic E-state index is -0.591. The van der Waals surface area contributed by atoms with Crippen LogP contribution in [-0.4, -0.2) is 5.97 Å². The molecule has 0 aliphatic heterocycles. The van der Waals surface area contributed by atoms with Crippen LogP contribution in [0.5, 0.6) is 0 Å². The van der Waals surface area contributed by atoms with Crippen LogP contribution in [-0.2, 0) is 11.3 Å². The van der Waals surface area contributed by atoms with Crippen molar-refractivity contribution in [3.05, 3.63) is 65.0 Å². The number of halogens is 1. The first-order chi connectivity index (χ1) is 9.04. The Hall–Kier alpha value is -2.36. The number of aryl methyl sites for hydroxylation is 1. The molecular formula is C15H14FNO2. The molecule has 0 saturated carbocycles. The van der Waals surface area contributed by atoms with E-state index in [4.69, 9.17) is 10.5 Å². The molecule has 2 rings (SSSR count). The SMILES string of the molecule is Cc1ccc(COC(=O)c2cc(N)cc(F)c2)cc1. The lowest BCUT2D eigenvalue weighted by Crippen LogP contribution is -2.06. The number of nitrogen functional groups attached to an aromatic ring is 1. The fraction of sp³-hybridized carbons (Fsp3) is 0.133. The molecule has 0 bridgehead atoms. The van der Waals surface area contributed by atoms with Crippen molar-refractivity contribution in [2.45, 2.75) is 13.5 Å². The van der Waals surface area contributed by atoms with Gasteiger partial charge in [-0.25, -0.2) is 9.18 Å². The lowest BCUT2D eigenvalue weighted by Gasteiger charge is -2.06. The summed E-state index contributed by atoms with van der Waals surface area (Å²) in [5, 5.41) is 0. The third kappa shape index (κ3) is 3.55. The fourth-order valence-corrected chi connectivity index (χ4v) is 1.65. The number of carbonyl (C=O) groups is 1. The molecule has 2 aromatic carbocycles. The second-order valence-electron chi connectivity index (χ2n) is 4.33. The highest BCUT2D eigenvalue weighted by atomic mass is 19.1. The number of hydrogen-bond donors (Lipinski definition) is 1. The van der Waals surface area contributed by atoms with Gasteiger partial charge in [-0.2, -0.15) is 0 Å². The van der Waals surface area contributed by atoms with Crippen LogP contribution in [0.15, 0.2) is 42.5 Å². The van der Waals surface area contributed by atoms with Gasteiger partial charge in [0.15, 0.2) is 0 Å². The minimum absolute atomic E-state index is 0.115. The zero-order valence-electron chi connectivity index (χ0n) is 10.5. The van der Waals surface area contributed by atoms with Gasteiger partial charge in [0.1, 0.15) is 12.4 Å². The van der Waals surface area contributed by atoms with E-state index in [-0.39, 0.29) is 17.9 Å². The minimum Gasteiger partial charge on any atom is -0.457 e. The molecule has 0 heterocycles. The Morgan fingerprint density at radius 2 is 1.89 bits per heavy atom. The van der Waals surface area contributed by atoms with Crippen molar-refractivity contribution in [2.24, 2.45) is 0 Å². The number of carbonyl (C=O) groups excluding carboxylic acids is 1. The molecule has 0 atom stereocenters. The fourth-order valence-electron chi connectivity index (χ4n) is 1.65. The molecule has 0 saturated heterocycles. The average Bonchev–Trinajstić information content (AvgIpc) is 2.36. The van der Waals surface area contributed by atoms with E-state index in [0.717, 1.165) is 23.3 Å². The van der Waals surface area contributed by atoms with E-state index in [2.05, 4.69) is 0 Å². The van der Waals surface area contributed by atoms with Crippen LogP contribution < -0.4 is 5.73 Å². The third-order valence-corrected chi connectivity index (χ3v) is 2.65. The molecule has 0 spiro atoms. The van der Waals surface area contributed by atoms with E-state index in [1.165, 1.54) is 6.07 Å². The van der Waals surface area contributed by atoms with Crippen molar-refractivity contribution < 1.29 is 13.9 Å². The predicted molar refractivity (Wildman–Crippen MR) is 71.1 cm³/mol. The molecule has 0 aliphatic carbocycles. The zero-order valence-corrected chi connectivity index (χ0v) is 10.5. The summed E-state index contributed by atoms with van der Waals surface area (Å²) in [6.07, 6.45) is 0. The summed E-state index contributed by atoms with van der Waals surface area (Å²) >= 11 is 0. The highest BCUT2D eigenvalue weighted by Crippen LogP contribution is 2.13. The third-order valence-electron chi connectivity index (χ3n) is 2.65. The lowest BCUT2D eigenvalue weighted by molar-refractivity contribution is 0.0472. The topological polar surface area (TPSA) is 52.3 Å². The summed E-state index contributed by atoms with van der Waals surface area (Å²) in [7, 11) is 0. The summed E-state index contributed by atoms with van der Waals surface area (Å²) in [6.45, 7) is 2.13. The smallest absolute Gasteiger partial charge is 0.338 e. The van der Waals surface area contributed by atoms with Gasteiger partial charge >= 0.3 is 5.97 Å². The molecule has 98 valence electrons. The molecule has 0 unspecified atom stereocenters. The van der Waals surface area contributed by atoms with Gasteiger partial charge in [-0.15, -0.1) is 0 Å². The van der Waals surface area contributed by atoms with Crippen LogP contribution in [0.4, 0.5) is 10.1 Å². The number of esters is 1. The molecule has 0 amide bonds. The Kier molecular flexibility index (Phi) is 3.80. The molecule has 0 radical (unpaired) electrons. The normalized spacial score (nSPS) is 10.2. The first-order valence-electron chi connectivity index (χ1n) is 5.83. The van der Waals surface area contributed by atoms with E-state index in [9.17, 15) is 9.18 Å². The average molecular weight is 259 g/mol. The monoisotopic (exact) mass is 259 g/mol. The number of anilines is 1. The van der Waals surface area contributed by atoms with Gasteiger partial charge in [0, 0.05) is 5.69 Å². The van der Waals surface area contributed by atoms with E-state index in [1.54, 1.807) is 0 Å². The van der Waals surface area contributed by atoms with E-state index in [1.807, 2.05) is 31.2 Å². The van der Waals surface area contributed by atoms with Gasteiger partial charge in [-0.3, -0.25) is 0 Å². The van der Waals surface area contributed by atoms with Crippen molar-refractivity contribution in [3.63, 3.8) is 0 Å². The number of benzene rings is 2. The first kappa shape index (κ1) is 13.1. The highest BCUT2D eigenvalue weighted by Gasteiger charge is 2.09. The molecule has 0 aromatic heterocycles. The molecule has 4 heteroatoms. The molecule has 0 aliphatic rings. The number of rotatable bonds is 3. The van der Waals surface area contributed by atoms with Crippen molar-refractivity contribution in [1.82, 2.24) is 0 Å². The highest BCUT2D eigenvalue weighted by molar-refractivity contribution is 5.90. The van der Waals surface area contributed by atoms with E-state index >= 15 is 0 Å². The summed E-state index contributed by atoms with van der Waals surface area (Å²) in [5.74, 6) is -1.14.